The second-order valence-electron chi connectivity index (χ2n) is 9.42. The largest absolute Gasteiger partial charge is 0.367 e. The zero-order chi connectivity index (χ0) is 24.2. The molecule has 0 spiro atoms. The summed E-state index contributed by atoms with van der Waals surface area (Å²) in [5.41, 5.74) is 2.36. The lowest BCUT2D eigenvalue weighted by atomic mass is 10.2. The summed E-state index contributed by atoms with van der Waals surface area (Å²) in [6.45, 7) is 9.21. The van der Waals surface area contributed by atoms with Crippen LogP contribution in [-0.2, 0) is 0 Å². The van der Waals surface area contributed by atoms with Crippen LogP contribution in [-0.4, -0.2) is 66.3 Å². The molecule has 9 nitrogen and oxygen atoms in total. The summed E-state index contributed by atoms with van der Waals surface area (Å²) in [4.78, 5) is 21.4. The van der Waals surface area contributed by atoms with Crippen molar-refractivity contribution in [1.82, 2.24) is 19.8 Å². The van der Waals surface area contributed by atoms with Crippen LogP contribution in [0.15, 0.2) is 36.8 Å². The van der Waals surface area contributed by atoms with Crippen molar-refractivity contribution in [3.63, 3.8) is 0 Å². The molecule has 1 aliphatic carbocycles. The van der Waals surface area contributed by atoms with E-state index < -0.39 is 0 Å². The van der Waals surface area contributed by atoms with Gasteiger partial charge in [-0.2, -0.15) is 0 Å². The molecule has 2 aromatic rings. The third-order valence-corrected chi connectivity index (χ3v) is 6.57. The van der Waals surface area contributed by atoms with Gasteiger partial charge in [-0.15, -0.1) is 0 Å². The number of nitrogens with zero attached hydrogens (tertiary/aromatic N) is 4. The van der Waals surface area contributed by atoms with Crippen molar-refractivity contribution in [3.8, 4) is 0 Å². The molecule has 2 aromatic heterocycles. The van der Waals surface area contributed by atoms with Crippen LogP contribution in [0.25, 0.3) is 0 Å². The third kappa shape index (κ3) is 5.09. The van der Waals surface area contributed by atoms with Crippen molar-refractivity contribution in [1.29, 1.82) is 5.41 Å². The van der Waals surface area contributed by atoms with Crippen LogP contribution in [0.1, 0.15) is 54.7 Å². The fourth-order valence-electron chi connectivity index (χ4n) is 4.87. The molecule has 2 aliphatic rings. The molecule has 0 radical (unpaired) electrons. The second kappa shape index (κ2) is 10.3. The lowest BCUT2D eigenvalue weighted by Gasteiger charge is -2.33. The van der Waals surface area contributed by atoms with Gasteiger partial charge in [-0.1, -0.05) is 19.4 Å². The van der Waals surface area contributed by atoms with Crippen LogP contribution < -0.4 is 20.9 Å². The molecule has 1 aliphatic heterocycles. The number of amides is 1. The minimum atomic E-state index is -0.0684. The van der Waals surface area contributed by atoms with E-state index in [9.17, 15) is 4.79 Å². The molecule has 0 bridgehead atoms. The van der Waals surface area contributed by atoms with Crippen molar-refractivity contribution in [2.45, 2.75) is 44.7 Å². The number of aromatic nitrogens is 2. The maximum atomic E-state index is 12.9. The summed E-state index contributed by atoms with van der Waals surface area (Å²) in [5.74, 6) is 1.88. The lowest BCUT2D eigenvalue weighted by Crippen LogP contribution is -2.49. The Labute approximate surface area is 201 Å². The molecule has 4 rings (SSSR count). The average molecular weight is 465 g/mol. The summed E-state index contributed by atoms with van der Waals surface area (Å²) >= 11 is 0. The van der Waals surface area contributed by atoms with E-state index in [0.717, 1.165) is 56.8 Å². The minimum Gasteiger partial charge on any atom is -0.367 e. The van der Waals surface area contributed by atoms with Gasteiger partial charge in [0.1, 0.15) is 23.2 Å². The predicted octanol–water partition coefficient (Wildman–Crippen LogP) is 3.49. The van der Waals surface area contributed by atoms with E-state index in [1.165, 1.54) is 6.21 Å². The quantitative estimate of drug-likeness (QED) is 0.446. The van der Waals surface area contributed by atoms with Crippen molar-refractivity contribution < 1.29 is 4.79 Å². The maximum Gasteiger partial charge on any atom is 0.270 e. The lowest BCUT2D eigenvalue weighted by molar-refractivity contribution is 0.0815. The third-order valence-electron chi connectivity index (χ3n) is 6.57. The van der Waals surface area contributed by atoms with Gasteiger partial charge in [0.2, 0.25) is 0 Å². The first-order valence-electron chi connectivity index (χ1n) is 12.0. The molecule has 4 N–H and O–H groups in total. The predicted molar refractivity (Wildman–Crippen MR) is 138 cm³/mol. The molecular weight excluding hydrogens is 428 g/mol. The smallest absolute Gasteiger partial charge is 0.270 e. The highest BCUT2D eigenvalue weighted by Crippen LogP contribution is 2.36. The molecule has 1 amide bonds. The Kier molecular flexibility index (Phi) is 7.21. The molecule has 9 heteroatoms. The van der Waals surface area contributed by atoms with Gasteiger partial charge in [0, 0.05) is 57.6 Å². The summed E-state index contributed by atoms with van der Waals surface area (Å²) in [5, 5.41) is 18.0. The van der Waals surface area contributed by atoms with Crippen molar-refractivity contribution in [2.24, 2.45) is 0 Å². The van der Waals surface area contributed by atoms with Crippen molar-refractivity contribution >= 4 is 29.4 Å². The van der Waals surface area contributed by atoms with Gasteiger partial charge in [-0.25, -0.2) is 4.98 Å². The molecular formula is C25H36N8O. The van der Waals surface area contributed by atoms with Gasteiger partial charge >= 0.3 is 0 Å². The molecule has 2 fully saturated rings. The summed E-state index contributed by atoms with van der Waals surface area (Å²) < 4.78 is 2.06. The van der Waals surface area contributed by atoms with E-state index in [1.54, 1.807) is 25.1 Å². The number of piperazine rings is 1. The second-order valence-corrected chi connectivity index (χ2v) is 9.42. The summed E-state index contributed by atoms with van der Waals surface area (Å²) in [6.07, 6.45) is 7.48. The minimum absolute atomic E-state index is 0.0684. The van der Waals surface area contributed by atoms with Gasteiger partial charge in [-0.3, -0.25) is 4.79 Å². The van der Waals surface area contributed by atoms with Gasteiger partial charge in [0.05, 0.1) is 11.9 Å². The van der Waals surface area contributed by atoms with E-state index in [4.69, 9.17) is 5.41 Å². The van der Waals surface area contributed by atoms with Crippen LogP contribution in [0.2, 0.25) is 0 Å². The number of rotatable bonds is 8. The molecule has 0 unspecified atom stereocenters. The fraction of sp³-hybridized carbons (Fsp3) is 0.480. The van der Waals surface area contributed by atoms with Crippen LogP contribution >= 0.6 is 0 Å². The van der Waals surface area contributed by atoms with Crippen LogP contribution in [0.3, 0.4) is 0 Å². The molecule has 1 atom stereocenters. The standard InChI is InChI=1S/C25H36N8O/c1-17-16-32(12-11-27-17)21-9-10-23(28-15-21)29-18(2)30-24-19(14-26)13-22(25(34)31(3)4)33(24)20-7-5-6-8-20/h9-10,13-15,17,20,26-27,30H,2,5-8,11-12,16H2,1,3-4H3,(H,28,29)/t17-/m1/s1. The zero-order valence-electron chi connectivity index (χ0n) is 20.4. The van der Waals surface area contributed by atoms with Gasteiger partial charge in [0.25, 0.3) is 5.91 Å². The van der Waals surface area contributed by atoms with Crippen molar-refractivity contribution in [3.05, 3.63) is 48.1 Å². The van der Waals surface area contributed by atoms with Gasteiger partial charge < -0.3 is 35.7 Å². The van der Waals surface area contributed by atoms with Crippen molar-refractivity contribution in [2.75, 3.05) is 49.3 Å². The summed E-state index contributed by atoms with van der Waals surface area (Å²) in [7, 11) is 3.50. The molecule has 1 saturated heterocycles. The van der Waals surface area contributed by atoms with E-state index in [0.29, 0.717) is 28.9 Å². The van der Waals surface area contributed by atoms with E-state index in [-0.39, 0.29) is 11.9 Å². The van der Waals surface area contributed by atoms with E-state index >= 15 is 0 Å². The molecule has 182 valence electrons. The molecule has 0 aromatic carbocycles. The number of pyridine rings is 1. The number of nitrogens with one attached hydrogen (secondary N) is 4. The normalized spacial score (nSPS) is 18.6. The van der Waals surface area contributed by atoms with Crippen LogP contribution in [0.5, 0.6) is 0 Å². The Hall–Kier alpha value is -3.33. The average Bonchev–Trinajstić information content (AvgIpc) is 3.46. The Morgan fingerprint density at radius 2 is 2.06 bits per heavy atom. The first-order valence-corrected chi connectivity index (χ1v) is 12.0. The van der Waals surface area contributed by atoms with Gasteiger partial charge in [0.15, 0.2) is 0 Å². The topological polar surface area (TPSA) is 101 Å². The Bertz CT molecular complexity index is 1040. The number of hydrogen-bond donors (Lipinski definition) is 4. The number of carbonyl (C=O) groups is 1. The molecule has 34 heavy (non-hydrogen) atoms. The maximum absolute atomic E-state index is 12.9. The molecule has 3 heterocycles. The highest BCUT2D eigenvalue weighted by Gasteiger charge is 2.28. The Morgan fingerprint density at radius 1 is 1.29 bits per heavy atom. The first kappa shape index (κ1) is 23.8. The van der Waals surface area contributed by atoms with E-state index in [1.807, 2.05) is 12.3 Å². The summed E-state index contributed by atoms with van der Waals surface area (Å²) in [6, 6.07) is 6.49. The zero-order valence-corrected chi connectivity index (χ0v) is 20.4. The Balaban J connectivity index is 1.52. The Morgan fingerprint density at radius 3 is 2.68 bits per heavy atom. The number of hydrogen-bond acceptors (Lipinski definition) is 7. The van der Waals surface area contributed by atoms with E-state index in [2.05, 4.69) is 50.0 Å². The van der Waals surface area contributed by atoms with Crippen LogP contribution in [0.4, 0.5) is 17.3 Å². The highest BCUT2D eigenvalue weighted by molar-refractivity contribution is 5.98. The highest BCUT2D eigenvalue weighted by atomic mass is 16.2. The first-order chi connectivity index (χ1) is 16.4. The monoisotopic (exact) mass is 464 g/mol. The number of carbonyl (C=O) groups excluding carboxylic acids is 1. The SMILES string of the molecule is C=C(Nc1ccc(N2CCN[C@H](C)C2)cn1)Nc1c(C=N)cc(C(=O)N(C)C)n1C1CCCC1. The molecule has 1 saturated carbocycles. The number of anilines is 3. The van der Waals surface area contributed by atoms with Gasteiger partial charge in [-0.05, 0) is 38.0 Å². The fourth-order valence-corrected chi connectivity index (χ4v) is 4.87. The van der Waals surface area contributed by atoms with Crippen LogP contribution in [0, 0.1) is 5.41 Å².